The van der Waals surface area contributed by atoms with Crippen LogP contribution in [0.15, 0.2) is 72.3 Å². The Bertz CT molecular complexity index is 1400. The molecule has 0 spiro atoms. The zero-order chi connectivity index (χ0) is 26.9. The molecule has 1 saturated heterocycles. The molecule has 1 amide bonds. The van der Waals surface area contributed by atoms with E-state index in [4.69, 9.17) is 21.1 Å². The Balaban J connectivity index is 1.86. The van der Waals surface area contributed by atoms with Crippen molar-refractivity contribution in [1.82, 2.24) is 4.90 Å². The molecular weight excluding hydrogens is 511 g/mol. The summed E-state index contributed by atoms with van der Waals surface area (Å²) in [5.74, 6) is -1.67. The maximum atomic E-state index is 13.3. The standard InChI is InChI=1S/C27H21ClF3NO5/c1-36-19-8-4-6-16(12-19)23-22(24(33)17-9-10-21(37-2)20(28)13-17)25(34)26(35)32(23)14-15-5-3-7-18(11-15)27(29,30)31/h3-13,23,33H,14H2,1-2H3/b24-22+. The number of hydrogen-bond acceptors (Lipinski definition) is 5. The molecule has 0 aromatic heterocycles. The van der Waals surface area contributed by atoms with Crippen LogP contribution in [0.4, 0.5) is 13.2 Å². The monoisotopic (exact) mass is 531 g/mol. The number of benzene rings is 3. The molecule has 10 heteroatoms. The third kappa shape index (κ3) is 5.13. The van der Waals surface area contributed by atoms with Gasteiger partial charge in [0.1, 0.15) is 17.3 Å². The van der Waals surface area contributed by atoms with Crippen molar-refractivity contribution in [3.8, 4) is 11.5 Å². The van der Waals surface area contributed by atoms with Gasteiger partial charge >= 0.3 is 6.18 Å². The van der Waals surface area contributed by atoms with Crippen LogP contribution in [-0.2, 0) is 22.3 Å². The number of alkyl halides is 3. The van der Waals surface area contributed by atoms with Gasteiger partial charge in [-0.1, -0.05) is 35.9 Å². The van der Waals surface area contributed by atoms with Crippen LogP contribution >= 0.6 is 11.6 Å². The van der Waals surface area contributed by atoms with Gasteiger partial charge in [-0.25, -0.2) is 0 Å². The van der Waals surface area contributed by atoms with Crippen LogP contribution < -0.4 is 9.47 Å². The van der Waals surface area contributed by atoms with Crippen molar-refractivity contribution < 1.29 is 37.3 Å². The lowest BCUT2D eigenvalue weighted by Crippen LogP contribution is -2.29. The van der Waals surface area contributed by atoms with E-state index >= 15 is 0 Å². The summed E-state index contributed by atoms with van der Waals surface area (Å²) >= 11 is 6.20. The van der Waals surface area contributed by atoms with E-state index in [2.05, 4.69) is 0 Å². The van der Waals surface area contributed by atoms with Gasteiger partial charge in [0.05, 0.1) is 36.4 Å². The third-order valence-electron chi connectivity index (χ3n) is 5.98. The summed E-state index contributed by atoms with van der Waals surface area (Å²) in [4.78, 5) is 27.5. The van der Waals surface area contributed by atoms with E-state index < -0.39 is 35.2 Å². The lowest BCUT2D eigenvalue weighted by molar-refractivity contribution is -0.140. The second-order valence-corrected chi connectivity index (χ2v) is 8.66. The topological polar surface area (TPSA) is 76.1 Å². The van der Waals surface area contributed by atoms with Crippen LogP contribution in [0.25, 0.3) is 5.76 Å². The minimum atomic E-state index is -4.58. The molecular formula is C27H21ClF3NO5. The number of aliphatic hydroxyl groups excluding tert-OH is 1. The van der Waals surface area contributed by atoms with E-state index in [1.165, 1.54) is 44.6 Å². The van der Waals surface area contributed by atoms with Gasteiger partial charge in [-0.2, -0.15) is 13.2 Å². The Hall–Kier alpha value is -3.98. The number of Topliss-reactive ketones (excluding diaryl/α,β-unsaturated/α-hetero) is 1. The Morgan fingerprint density at radius 2 is 1.73 bits per heavy atom. The summed E-state index contributed by atoms with van der Waals surface area (Å²) in [6.07, 6.45) is -4.58. The number of methoxy groups -OCH3 is 2. The lowest BCUT2D eigenvalue weighted by atomic mass is 9.95. The molecule has 6 nitrogen and oxygen atoms in total. The lowest BCUT2D eigenvalue weighted by Gasteiger charge is -2.26. The molecule has 3 aromatic rings. The normalized spacial score (nSPS) is 17.2. The van der Waals surface area contributed by atoms with Gasteiger partial charge in [-0.3, -0.25) is 9.59 Å². The zero-order valence-corrected chi connectivity index (χ0v) is 20.4. The maximum absolute atomic E-state index is 13.3. The second-order valence-electron chi connectivity index (χ2n) is 8.25. The number of aliphatic hydroxyl groups is 1. The Morgan fingerprint density at radius 3 is 2.38 bits per heavy atom. The first-order chi connectivity index (χ1) is 17.5. The molecule has 37 heavy (non-hydrogen) atoms. The van der Waals surface area contributed by atoms with E-state index in [1.807, 2.05) is 0 Å². The molecule has 192 valence electrons. The summed E-state index contributed by atoms with van der Waals surface area (Å²) in [6.45, 7) is -0.309. The summed E-state index contributed by atoms with van der Waals surface area (Å²) in [5, 5.41) is 11.4. The van der Waals surface area contributed by atoms with Gasteiger partial charge in [-0.05, 0) is 53.6 Å². The first kappa shape index (κ1) is 26.1. The molecule has 3 aromatic carbocycles. The van der Waals surface area contributed by atoms with Crippen LogP contribution in [0.3, 0.4) is 0 Å². The van der Waals surface area contributed by atoms with E-state index in [1.54, 1.807) is 24.3 Å². The summed E-state index contributed by atoms with van der Waals surface area (Å²) in [5.41, 5.74) is -0.363. The van der Waals surface area contributed by atoms with Gasteiger partial charge in [-0.15, -0.1) is 0 Å². The van der Waals surface area contributed by atoms with E-state index in [0.717, 1.165) is 17.0 Å². The number of rotatable bonds is 6. The highest BCUT2D eigenvalue weighted by Gasteiger charge is 2.46. The van der Waals surface area contributed by atoms with Crippen molar-refractivity contribution in [3.05, 3.63) is 99.6 Å². The number of ether oxygens (including phenoxy) is 2. The highest BCUT2D eigenvalue weighted by Crippen LogP contribution is 2.42. The zero-order valence-electron chi connectivity index (χ0n) is 19.7. The van der Waals surface area contributed by atoms with Gasteiger partial charge in [0, 0.05) is 12.1 Å². The maximum Gasteiger partial charge on any atom is 0.416 e. The largest absolute Gasteiger partial charge is 0.507 e. The van der Waals surface area contributed by atoms with Crippen LogP contribution in [-0.4, -0.2) is 35.9 Å². The molecule has 0 radical (unpaired) electrons. The molecule has 0 aliphatic carbocycles. The number of hydrogen-bond donors (Lipinski definition) is 1. The fourth-order valence-corrected chi connectivity index (χ4v) is 4.47. The Labute approximate surface area is 215 Å². The number of carbonyl (C=O) groups excluding carboxylic acids is 2. The number of carbonyl (C=O) groups is 2. The molecule has 1 atom stereocenters. The molecule has 0 saturated carbocycles. The quantitative estimate of drug-likeness (QED) is 0.240. The molecule has 1 heterocycles. The predicted molar refractivity (Wildman–Crippen MR) is 130 cm³/mol. The van der Waals surface area contributed by atoms with Crippen molar-refractivity contribution in [2.75, 3.05) is 14.2 Å². The number of nitrogens with zero attached hydrogens (tertiary/aromatic N) is 1. The van der Waals surface area contributed by atoms with E-state index in [0.29, 0.717) is 17.1 Å². The van der Waals surface area contributed by atoms with Crippen LogP contribution in [0, 0.1) is 0 Å². The Morgan fingerprint density at radius 1 is 1.00 bits per heavy atom. The van der Waals surface area contributed by atoms with Crippen LogP contribution in [0.2, 0.25) is 5.02 Å². The molecule has 1 unspecified atom stereocenters. The number of ketones is 1. The minimum absolute atomic E-state index is 0.163. The van der Waals surface area contributed by atoms with E-state index in [-0.39, 0.29) is 28.3 Å². The van der Waals surface area contributed by atoms with Gasteiger partial charge in [0.15, 0.2) is 0 Å². The highest BCUT2D eigenvalue weighted by atomic mass is 35.5. The summed E-state index contributed by atoms with van der Waals surface area (Å²) < 4.78 is 50.2. The summed E-state index contributed by atoms with van der Waals surface area (Å²) in [6, 6.07) is 14.3. The van der Waals surface area contributed by atoms with E-state index in [9.17, 15) is 27.9 Å². The average Bonchev–Trinajstić information content (AvgIpc) is 3.12. The molecule has 4 rings (SSSR count). The van der Waals surface area contributed by atoms with Crippen molar-refractivity contribution in [1.29, 1.82) is 0 Å². The van der Waals surface area contributed by atoms with Crippen molar-refractivity contribution in [2.45, 2.75) is 18.8 Å². The van der Waals surface area contributed by atoms with Gasteiger partial charge < -0.3 is 19.5 Å². The molecule has 1 N–H and O–H groups in total. The fraction of sp³-hybridized carbons (Fsp3) is 0.185. The van der Waals surface area contributed by atoms with Crippen LogP contribution in [0.5, 0.6) is 11.5 Å². The molecule has 1 fully saturated rings. The van der Waals surface area contributed by atoms with Gasteiger partial charge in [0.2, 0.25) is 0 Å². The van der Waals surface area contributed by atoms with Crippen molar-refractivity contribution >= 4 is 29.1 Å². The first-order valence-corrected chi connectivity index (χ1v) is 11.4. The number of halogens is 4. The molecule has 1 aliphatic heterocycles. The second kappa shape index (κ2) is 10.2. The molecule has 1 aliphatic rings. The predicted octanol–water partition coefficient (Wildman–Crippen LogP) is 6.00. The first-order valence-electron chi connectivity index (χ1n) is 11.0. The fourth-order valence-electron chi connectivity index (χ4n) is 4.21. The smallest absolute Gasteiger partial charge is 0.416 e. The summed E-state index contributed by atoms with van der Waals surface area (Å²) in [7, 11) is 2.86. The van der Waals surface area contributed by atoms with Crippen molar-refractivity contribution in [2.24, 2.45) is 0 Å². The average molecular weight is 532 g/mol. The number of amides is 1. The minimum Gasteiger partial charge on any atom is -0.507 e. The Kier molecular flexibility index (Phi) is 7.18. The van der Waals surface area contributed by atoms with Crippen LogP contribution in [0.1, 0.15) is 28.3 Å². The number of likely N-dealkylation sites (tertiary alicyclic amines) is 1. The molecule has 0 bridgehead atoms. The highest BCUT2D eigenvalue weighted by molar-refractivity contribution is 6.46. The van der Waals surface area contributed by atoms with Crippen molar-refractivity contribution in [3.63, 3.8) is 0 Å². The SMILES string of the molecule is COc1cccc(C2/C(=C(\O)c3ccc(OC)c(Cl)c3)C(=O)C(=O)N2Cc2cccc(C(F)(F)F)c2)c1. The van der Waals surface area contributed by atoms with Gasteiger partial charge in [0.25, 0.3) is 11.7 Å². The third-order valence-corrected chi connectivity index (χ3v) is 6.28.